The summed E-state index contributed by atoms with van der Waals surface area (Å²) in [4.78, 5) is 0. The molecule has 3 aromatic rings. The van der Waals surface area contributed by atoms with E-state index in [4.69, 9.17) is 9.47 Å². The third-order valence-electron chi connectivity index (χ3n) is 5.14. The average molecular weight is 375 g/mol. The SMILES string of the molecule is C=CCCOc1c2ccccc2c(OCCC=C)c2cc(CC)c(CC)cc12. The molecule has 146 valence electrons. The van der Waals surface area contributed by atoms with Crippen LogP contribution in [0.3, 0.4) is 0 Å². The lowest BCUT2D eigenvalue weighted by Gasteiger charge is -2.19. The highest BCUT2D eigenvalue weighted by atomic mass is 16.5. The van der Waals surface area contributed by atoms with E-state index in [-0.39, 0.29) is 0 Å². The van der Waals surface area contributed by atoms with Crippen LogP contribution in [0, 0.1) is 0 Å². The van der Waals surface area contributed by atoms with Gasteiger partial charge in [-0.3, -0.25) is 0 Å². The highest BCUT2D eigenvalue weighted by Gasteiger charge is 2.18. The molecule has 0 spiro atoms. The summed E-state index contributed by atoms with van der Waals surface area (Å²) in [6, 6.07) is 13.0. The van der Waals surface area contributed by atoms with Gasteiger partial charge in [-0.05, 0) is 48.9 Å². The van der Waals surface area contributed by atoms with Gasteiger partial charge in [0, 0.05) is 21.5 Å². The Morgan fingerprint density at radius 3 is 1.50 bits per heavy atom. The van der Waals surface area contributed by atoms with Crippen molar-refractivity contribution in [1.29, 1.82) is 0 Å². The van der Waals surface area contributed by atoms with E-state index < -0.39 is 0 Å². The van der Waals surface area contributed by atoms with Crippen LogP contribution in [0.25, 0.3) is 21.5 Å². The van der Waals surface area contributed by atoms with Crippen molar-refractivity contribution >= 4 is 21.5 Å². The zero-order valence-corrected chi connectivity index (χ0v) is 17.1. The normalized spacial score (nSPS) is 10.9. The van der Waals surface area contributed by atoms with Crippen LogP contribution in [0.1, 0.15) is 37.8 Å². The first-order valence-electron chi connectivity index (χ1n) is 10.2. The highest BCUT2D eigenvalue weighted by molar-refractivity contribution is 6.11. The van der Waals surface area contributed by atoms with Crippen molar-refractivity contribution in [3.05, 3.63) is 72.8 Å². The molecule has 0 aromatic heterocycles. The predicted molar refractivity (Wildman–Crippen MR) is 121 cm³/mol. The summed E-state index contributed by atoms with van der Waals surface area (Å²) >= 11 is 0. The summed E-state index contributed by atoms with van der Waals surface area (Å²) < 4.78 is 12.6. The highest BCUT2D eigenvalue weighted by Crippen LogP contribution is 2.44. The molecule has 3 rings (SSSR count). The number of hydrogen-bond acceptors (Lipinski definition) is 2. The summed E-state index contributed by atoms with van der Waals surface area (Å²) in [5.41, 5.74) is 2.74. The van der Waals surface area contributed by atoms with Gasteiger partial charge in [-0.1, -0.05) is 50.3 Å². The van der Waals surface area contributed by atoms with Crippen LogP contribution in [-0.2, 0) is 12.8 Å². The molecule has 0 amide bonds. The number of aryl methyl sites for hydroxylation is 2. The number of rotatable bonds is 10. The molecule has 0 aliphatic rings. The van der Waals surface area contributed by atoms with Gasteiger partial charge in [-0.15, -0.1) is 13.2 Å². The molecule has 0 radical (unpaired) electrons. The lowest BCUT2D eigenvalue weighted by atomic mass is 9.93. The zero-order chi connectivity index (χ0) is 19.9. The van der Waals surface area contributed by atoms with E-state index in [9.17, 15) is 0 Å². The van der Waals surface area contributed by atoms with Crippen molar-refractivity contribution in [3.8, 4) is 11.5 Å². The lowest BCUT2D eigenvalue weighted by molar-refractivity contribution is 0.327. The molecule has 0 aliphatic carbocycles. The molecule has 0 bridgehead atoms. The van der Waals surface area contributed by atoms with Crippen LogP contribution in [0.4, 0.5) is 0 Å². The van der Waals surface area contributed by atoms with E-state index in [0.29, 0.717) is 13.2 Å². The van der Waals surface area contributed by atoms with Gasteiger partial charge < -0.3 is 9.47 Å². The first-order chi connectivity index (χ1) is 13.7. The first kappa shape index (κ1) is 20.0. The summed E-state index contributed by atoms with van der Waals surface area (Å²) in [6.45, 7) is 13.3. The Morgan fingerprint density at radius 2 is 1.14 bits per heavy atom. The molecule has 0 saturated heterocycles. The Kier molecular flexibility index (Phi) is 6.76. The largest absolute Gasteiger partial charge is 0.492 e. The molecule has 0 heterocycles. The summed E-state index contributed by atoms with van der Waals surface area (Å²) in [5, 5.41) is 4.45. The topological polar surface area (TPSA) is 18.5 Å². The van der Waals surface area contributed by atoms with Crippen molar-refractivity contribution in [1.82, 2.24) is 0 Å². The number of hydrogen-bond donors (Lipinski definition) is 0. The van der Waals surface area contributed by atoms with Gasteiger partial charge in [-0.2, -0.15) is 0 Å². The molecule has 3 aromatic carbocycles. The van der Waals surface area contributed by atoms with E-state index in [1.54, 1.807) is 0 Å². The molecule has 2 heteroatoms. The van der Waals surface area contributed by atoms with Gasteiger partial charge in [0.15, 0.2) is 0 Å². The van der Waals surface area contributed by atoms with Gasteiger partial charge in [0.1, 0.15) is 11.5 Å². The molecule has 0 aliphatic heterocycles. The minimum atomic E-state index is 0.621. The Morgan fingerprint density at radius 1 is 0.714 bits per heavy atom. The monoisotopic (exact) mass is 374 g/mol. The van der Waals surface area contributed by atoms with Crippen LogP contribution in [0.5, 0.6) is 11.5 Å². The standard InChI is InChI=1S/C26H30O2/c1-5-9-15-27-25-21-13-11-12-14-22(21)26(28-16-10-6-2)24-18-20(8-4)19(7-3)17-23(24)25/h5-6,11-14,17-18H,1-2,7-10,15-16H2,3-4H3. The van der Waals surface area contributed by atoms with E-state index >= 15 is 0 Å². The second-order valence-corrected chi connectivity index (χ2v) is 6.93. The van der Waals surface area contributed by atoms with E-state index in [2.05, 4.69) is 63.4 Å². The number of benzene rings is 3. The molecular weight excluding hydrogens is 344 g/mol. The number of ether oxygens (including phenoxy) is 2. The second kappa shape index (κ2) is 9.45. The third-order valence-corrected chi connectivity index (χ3v) is 5.14. The van der Waals surface area contributed by atoms with Gasteiger partial charge >= 0.3 is 0 Å². The minimum absolute atomic E-state index is 0.621. The molecule has 0 atom stereocenters. The van der Waals surface area contributed by atoms with Crippen molar-refractivity contribution in [3.63, 3.8) is 0 Å². The van der Waals surface area contributed by atoms with Crippen molar-refractivity contribution in [2.75, 3.05) is 13.2 Å². The average Bonchev–Trinajstić information content (AvgIpc) is 2.74. The van der Waals surface area contributed by atoms with Gasteiger partial charge in [-0.25, -0.2) is 0 Å². The Balaban J connectivity index is 2.32. The summed E-state index contributed by atoms with van der Waals surface area (Å²) in [6.07, 6.45) is 7.44. The van der Waals surface area contributed by atoms with E-state index in [0.717, 1.165) is 58.7 Å². The molecule has 0 unspecified atom stereocenters. The molecular formula is C26H30O2. The maximum absolute atomic E-state index is 6.28. The molecule has 2 nitrogen and oxygen atoms in total. The van der Waals surface area contributed by atoms with Crippen LogP contribution < -0.4 is 9.47 Å². The van der Waals surface area contributed by atoms with Crippen LogP contribution in [0.15, 0.2) is 61.7 Å². The van der Waals surface area contributed by atoms with Crippen molar-refractivity contribution in [2.24, 2.45) is 0 Å². The minimum Gasteiger partial charge on any atom is -0.492 e. The Labute approximate surface area is 168 Å². The maximum atomic E-state index is 6.28. The fourth-order valence-corrected chi connectivity index (χ4v) is 3.69. The van der Waals surface area contributed by atoms with Gasteiger partial charge in [0.25, 0.3) is 0 Å². The fraction of sp³-hybridized carbons (Fsp3) is 0.308. The maximum Gasteiger partial charge on any atom is 0.135 e. The zero-order valence-electron chi connectivity index (χ0n) is 17.1. The van der Waals surface area contributed by atoms with Crippen molar-refractivity contribution in [2.45, 2.75) is 39.5 Å². The van der Waals surface area contributed by atoms with Crippen LogP contribution in [0.2, 0.25) is 0 Å². The molecule has 28 heavy (non-hydrogen) atoms. The molecule has 0 N–H and O–H groups in total. The van der Waals surface area contributed by atoms with Crippen molar-refractivity contribution < 1.29 is 9.47 Å². The summed E-state index contributed by atoms with van der Waals surface area (Å²) in [5.74, 6) is 1.89. The Bertz CT molecular complexity index is 905. The van der Waals surface area contributed by atoms with Crippen LogP contribution in [-0.4, -0.2) is 13.2 Å². The van der Waals surface area contributed by atoms with Gasteiger partial charge in [0.2, 0.25) is 0 Å². The van der Waals surface area contributed by atoms with Crippen LogP contribution >= 0.6 is 0 Å². The van der Waals surface area contributed by atoms with E-state index in [1.165, 1.54) is 11.1 Å². The third kappa shape index (κ3) is 3.91. The van der Waals surface area contributed by atoms with E-state index in [1.807, 2.05) is 12.2 Å². The fourth-order valence-electron chi connectivity index (χ4n) is 3.69. The first-order valence-corrected chi connectivity index (χ1v) is 10.2. The second-order valence-electron chi connectivity index (χ2n) is 6.93. The van der Waals surface area contributed by atoms with Gasteiger partial charge in [0.05, 0.1) is 13.2 Å². The predicted octanol–water partition coefficient (Wildman–Crippen LogP) is 7.03. The smallest absolute Gasteiger partial charge is 0.135 e. The Hall–Kier alpha value is -2.74. The molecule has 0 fully saturated rings. The number of fused-ring (bicyclic) bond motifs is 2. The quantitative estimate of drug-likeness (QED) is 0.215. The lowest BCUT2D eigenvalue weighted by Crippen LogP contribution is -2.02. The summed E-state index contributed by atoms with van der Waals surface area (Å²) in [7, 11) is 0. The molecule has 0 saturated carbocycles.